The van der Waals surface area contributed by atoms with Gasteiger partial charge in [0.25, 0.3) is 0 Å². The predicted molar refractivity (Wildman–Crippen MR) is 107 cm³/mol. The van der Waals surface area contributed by atoms with Crippen LogP contribution >= 0.6 is 0 Å². The number of rotatable bonds is 7. The quantitative estimate of drug-likeness (QED) is 0.696. The van der Waals surface area contributed by atoms with Gasteiger partial charge in [-0.15, -0.1) is 0 Å². The molecular formula is C22H24N2O2. The van der Waals surface area contributed by atoms with Gasteiger partial charge in [0.2, 0.25) is 5.91 Å². The summed E-state index contributed by atoms with van der Waals surface area (Å²) in [5.74, 6) is 0.816. The minimum Gasteiger partial charge on any atom is -0.492 e. The molecule has 0 aromatic heterocycles. The standard InChI is InChI=1S/C22H24N2O2/c1-17(24(2)14-15-26-21-10-4-3-5-11-21)22(25)23-20-13-12-18-8-6-7-9-19(18)16-20/h3-13,16-17H,14-15H2,1-2H3,(H,23,25). The molecular weight excluding hydrogens is 324 g/mol. The summed E-state index contributed by atoms with van der Waals surface area (Å²) < 4.78 is 5.70. The molecule has 134 valence electrons. The van der Waals surface area contributed by atoms with Gasteiger partial charge < -0.3 is 10.1 Å². The van der Waals surface area contributed by atoms with Crippen molar-refractivity contribution in [3.05, 3.63) is 72.8 Å². The molecule has 3 aromatic rings. The van der Waals surface area contributed by atoms with E-state index in [1.165, 1.54) is 0 Å². The zero-order valence-corrected chi connectivity index (χ0v) is 15.2. The van der Waals surface area contributed by atoms with Crippen LogP contribution in [0.4, 0.5) is 5.69 Å². The Kier molecular flexibility index (Phi) is 5.87. The van der Waals surface area contributed by atoms with E-state index in [2.05, 4.69) is 11.4 Å². The fraction of sp³-hybridized carbons (Fsp3) is 0.227. The zero-order chi connectivity index (χ0) is 18.4. The van der Waals surface area contributed by atoms with Crippen LogP contribution in [0.15, 0.2) is 72.8 Å². The molecule has 0 aliphatic heterocycles. The van der Waals surface area contributed by atoms with Gasteiger partial charge in [0.15, 0.2) is 0 Å². The van der Waals surface area contributed by atoms with E-state index in [-0.39, 0.29) is 11.9 Å². The lowest BCUT2D eigenvalue weighted by Crippen LogP contribution is -2.41. The molecule has 4 heteroatoms. The first-order valence-electron chi connectivity index (χ1n) is 8.81. The molecule has 1 unspecified atom stereocenters. The van der Waals surface area contributed by atoms with E-state index in [0.717, 1.165) is 22.2 Å². The Balaban J connectivity index is 1.52. The van der Waals surface area contributed by atoms with Crippen molar-refractivity contribution in [2.24, 2.45) is 0 Å². The lowest BCUT2D eigenvalue weighted by atomic mass is 10.1. The fourth-order valence-corrected chi connectivity index (χ4v) is 2.73. The number of fused-ring (bicyclic) bond motifs is 1. The van der Waals surface area contributed by atoms with Crippen LogP contribution in [-0.2, 0) is 4.79 Å². The number of carbonyl (C=O) groups excluding carboxylic acids is 1. The maximum Gasteiger partial charge on any atom is 0.241 e. The van der Waals surface area contributed by atoms with E-state index in [4.69, 9.17) is 4.74 Å². The van der Waals surface area contributed by atoms with Gasteiger partial charge in [-0.25, -0.2) is 0 Å². The molecule has 1 amide bonds. The van der Waals surface area contributed by atoms with Crippen LogP contribution in [0.2, 0.25) is 0 Å². The average molecular weight is 348 g/mol. The molecule has 0 heterocycles. The fourth-order valence-electron chi connectivity index (χ4n) is 2.73. The number of nitrogens with one attached hydrogen (secondary N) is 1. The number of anilines is 1. The number of benzene rings is 3. The molecule has 0 saturated carbocycles. The van der Waals surface area contributed by atoms with Crippen LogP contribution in [0, 0.1) is 0 Å². The number of ether oxygens (including phenoxy) is 1. The molecule has 1 N–H and O–H groups in total. The second kappa shape index (κ2) is 8.50. The number of nitrogens with zero attached hydrogens (tertiary/aromatic N) is 1. The monoisotopic (exact) mass is 348 g/mol. The highest BCUT2D eigenvalue weighted by atomic mass is 16.5. The predicted octanol–water partition coefficient (Wildman–Crippen LogP) is 4.18. The number of likely N-dealkylation sites (N-methyl/N-ethyl adjacent to an activating group) is 1. The van der Waals surface area contributed by atoms with Crippen molar-refractivity contribution in [2.45, 2.75) is 13.0 Å². The summed E-state index contributed by atoms with van der Waals surface area (Å²) in [5, 5.41) is 5.28. The topological polar surface area (TPSA) is 41.6 Å². The molecule has 0 aliphatic rings. The maximum absolute atomic E-state index is 12.5. The maximum atomic E-state index is 12.5. The van der Waals surface area contributed by atoms with Gasteiger partial charge >= 0.3 is 0 Å². The summed E-state index contributed by atoms with van der Waals surface area (Å²) in [5.41, 5.74) is 0.814. The second-order valence-electron chi connectivity index (χ2n) is 6.37. The molecule has 3 aromatic carbocycles. The second-order valence-corrected chi connectivity index (χ2v) is 6.37. The minimum absolute atomic E-state index is 0.0255. The Morgan fingerprint density at radius 1 is 1.00 bits per heavy atom. The van der Waals surface area contributed by atoms with E-state index < -0.39 is 0 Å². The molecule has 0 spiro atoms. The number of amides is 1. The normalized spacial score (nSPS) is 12.1. The first-order valence-corrected chi connectivity index (χ1v) is 8.81. The van der Waals surface area contributed by atoms with Crippen LogP contribution in [0.25, 0.3) is 10.8 Å². The summed E-state index contributed by atoms with van der Waals surface area (Å²) in [4.78, 5) is 14.5. The lowest BCUT2D eigenvalue weighted by molar-refractivity contribution is -0.120. The van der Waals surface area contributed by atoms with E-state index in [0.29, 0.717) is 13.2 Å². The molecule has 0 saturated heterocycles. The highest BCUT2D eigenvalue weighted by Crippen LogP contribution is 2.19. The van der Waals surface area contributed by atoms with Gasteiger partial charge in [-0.1, -0.05) is 48.5 Å². The Morgan fingerprint density at radius 2 is 1.69 bits per heavy atom. The number of hydrogen-bond acceptors (Lipinski definition) is 3. The van der Waals surface area contributed by atoms with Crippen LogP contribution in [0.1, 0.15) is 6.92 Å². The molecule has 0 aliphatic carbocycles. The van der Waals surface area contributed by atoms with Crippen LogP contribution in [0.5, 0.6) is 5.75 Å². The molecule has 26 heavy (non-hydrogen) atoms. The molecule has 3 rings (SSSR count). The summed E-state index contributed by atoms with van der Waals surface area (Å²) in [6.45, 7) is 3.11. The molecule has 0 fully saturated rings. The highest BCUT2D eigenvalue weighted by molar-refractivity contribution is 5.97. The number of carbonyl (C=O) groups is 1. The van der Waals surface area contributed by atoms with Crippen molar-refractivity contribution in [2.75, 3.05) is 25.5 Å². The average Bonchev–Trinajstić information content (AvgIpc) is 2.68. The first-order chi connectivity index (χ1) is 12.6. The van der Waals surface area contributed by atoms with Gasteiger partial charge in [-0.2, -0.15) is 0 Å². The number of hydrogen-bond donors (Lipinski definition) is 1. The van der Waals surface area contributed by atoms with Crippen molar-refractivity contribution >= 4 is 22.4 Å². The SMILES string of the molecule is CC(C(=O)Nc1ccc2ccccc2c1)N(C)CCOc1ccccc1. The van der Waals surface area contributed by atoms with Gasteiger partial charge in [-0.05, 0) is 49.0 Å². The molecule has 0 bridgehead atoms. The van der Waals surface area contributed by atoms with Gasteiger partial charge in [0.1, 0.15) is 12.4 Å². The third-order valence-electron chi connectivity index (χ3n) is 4.51. The van der Waals surface area contributed by atoms with Gasteiger partial charge in [-0.3, -0.25) is 9.69 Å². The van der Waals surface area contributed by atoms with E-state index in [1.54, 1.807) is 0 Å². The third kappa shape index (κ3) is 4.61. The van der Waals surface area contributed by atoms with Crippen LogP contribution in [-0.4, -0.2) is 37.0 Å². The molecule has 0 radical (unpaired) electrons. The summed E-state index contributed by atoms with van der Waals surface area (Å²) >= 11 is 0. The Morgan fingerprint density at radius 3 is 2.46 bits per heavy atom. The summed E-state index contributed by atoms with van der Waals surface area (Å²) in [6, 6.07) is 23.5. The van der Waals surface area contributed by atoms with Crippen LogP contribution in [0.3, 0.4) is 0 Å². The summed E-state index contributed by atoms with van der Waals surface area (Å²) in [6.07, 6.45) is 0. The summed E-state index contributed by atoms with van der Waals surface area (Å²) in [7, 11) is 1.93. The van der Waals surface area contributed by atoms with Gasteiger partial charge in [0, 0.05) is 12.2 Å². The van der Waals surface area contributed by atoms with Crippen molar-refractivity contribution in [1.29, 1.82) is 0 Å². The largest absolute Gasteiger partial charge is 0.492 e. The first kappa shape index (κ1) is 18.0. The van der Waals surface area contributed by atoms with Gasteiger partial charge in [0.05, 0.1) is 6.04 Å². The van der Waals surface area contributed by atoms with E-state index in [9.17, 15) is 4.79 Å². The Labute approximate surface area is 154 Å². The minimum atomic E-state index is -0.249. The third-order valence-corrected chi connectivity index (χ3v) is 4.51. The van der Waals surface area contributed by atoms with Crippen molar-refractivity contribution in [3.8, 4) is 5.75 Å². The van der Waals surface area contributed by atoms with Crippen molar-refractivity contribution in [1.82, 2.24) is 4.90 Å². The molecule has 1 atom stereocenters. The zero-order valence-electron chi connectivity index (χ0n) is 15.2. The smallest absolute Gasteiger partial charge is 0.241 e. The van der Waals surface area contributed by atoms with E-state index in [1.807, 2.05) is 85.6 Å². The lowest BCUT2D eigenvalue weighted by Gasteiger charge is -2.24. The Bertz CT molecular complexity index is 864. The molecule has 4 nitrogen and oxygen atoms in total. The highest BCUT2D eigenvalue weighted by Gasteiger charge is 2.18. The van der Waals surface area contributed by atoms with Crippen LogP contribution < -0.4 is 10.1 Å². The van der Waals surface area contributed by atoms with Crippen molar-refractivity contribution < 1.29 is 9.53 Å². The Hall–Kier alpha value is -2.85. The van der Waals surface area contributed by atoms with Crippen molar-refractivity contribution in [3.63, 3.8) is 0 Å². The van der Waals surface area contributed by atoms with E-state index >= 15 is 0 Å². The number of para-hydroxylation sites is 1.